The van der Waals surface area contributed by atoms with Crippen molar-refractivity contribution in [3.8, 4) is 0 Å². The van der Waals surface area contributed by atoms with E-state index in [4.69, 9.17) is 17.2 Å². The van der Waals surface area contributed by atoms with Gasteiger partial charge in [-0.3, -0.25) is 14.4 Å². The van der Waals surface area contributed by atoms with Gasteiger partial charge in [-0.25, -0.2) is 4.79 Å². The Hall–Kier alpha value is -2.20. The number of amides is 3. The van der Waals surface area contributed by atoms with E-state index >= 15 is 0 Å². The lowest BCUT2D eigenvalue weighted by atomic mass is 10.0. The third kappa shape index (κ3) is 11.2. The van der Waals surface area contributed by atoms with Crippen molar-refractivity contribution < 1.29 is 24.3 Å². The number of carbonyl (C=O) groups excluding carboxylic acids is 3. The van der Waals surface area contributed by atoms with E-state index in [0.29, 0.717) is 25.8 Å². The van der Waals surface area contributed by atoms with Gasteiger partial charge in [0.15, 0.2) is 0 Å². The average molecular weight is 387 g/mol. The number of aliphatic carboxylic acids is 1. The van der Waals surface area contributed by atoms with E-state index in [2.05, 4.69) is 10.6 Å². The summed E-state index contributed by atoms with van der Waals surface area (Å²) in [6.45, 7) is 4.13. The molecule has 0 radical (unpaired) electrons. The van der Waals surface area contributed by atoms with Crippen LogP contribution < -0.4 is 27.8 Å². The van der Waals surface area contributed by atoms with Gasteiger partial charge < -0.3 is 32.9 Å². The van der Waals surface area contributed by atoms with Gasteiger partial charge in [0.25, 0.3) is 0 Å². The Morgan fingerprint density at radius 2 is 1.56 bits per heavy atom. The van der Waals surface area contributed by atoms with E-state index in [1.54, 1.807) is 0 Å². The molecule has 0 aromatic carbocycles. The molecule has 0 aliphatic rings. The van der Waals surface area contributed by atoms with Crippen LogP contribution in [0.5, 0.6) is 0 Å². The molecule has 27 heavy (non-hydrogen) atoms. The summed E-state index contributed by atoms with van der Waals surface area (Å²) in [4.78, 5) is 46.9. The van der Waals surface area contributed by atoms with Gasteiger partial charge in [0.1, 0.15) is 12.1 Å². The maximum absolute atomic E-state index is 12.5. The largest absolute Gasteiger partial charge is 0.480 e. The first-order valence-electron chi connectivity index (χ1n) is 9.15. The Labute approximate surface area is 159 Å². The number of nitrogens with two attached hydrogens (primary N) is 3. The molecular formula is C17H33N5O5. The molecule has 156 valence electrons. The van der Waals surface area contributed by atoms with Gasteiger partial charge in [-0.15, -0.1) is 0 Å². The van der Waals surface area contributed by atoms with Gasteiger partial charge in [0, 0.05) is 6.42 Å². The summed E-state index contributed by atoms with van der Waals surface area (Å²) >= 11 is 0. The number of hydrogen-bond acceptors (Lipinski definition) is 6. The summed E-state index contributed by atoms with van der Waals surface area (Å²) < 4.78 is 0. The lowest BCUT2D eigenvalue weighted by Gasteiger charge is -2.23. The number of rotatable bonds is 14. The quantitative estimate of drug-likeness (QED) is 0.202. The van der Waals surface area contributed by atoms with Crippen LogP contribution in [-0.4, -0.2) is 53.5 Å². The maximum Gasteiger partial charge on any atom is 0.326 e. The molecule has 3 unspecified atom stereocenters. The molecule has 0 saturated heterocycles. The first kappa shape index (κ1) is 24.8. The second-order valence-electron chi connectivity index (χ2n) is 6.99. The van der Waals surface area contributed by atoms with Crippen molar-refractivity contribution in [2.75, 3.05) is 6.54 Å². The van der Waals surface area contributed by atoms with Crippen LogP contribution in [0.15, 0.2) is 0 Å². The highest BCUT2D eigenvalue weighted by Crippen LogP contribution is 2.08. The van der Waals surface area contributed by atoms with Gasteiger partial charge >= 0.3 is 5.97 Å². The summed E-state index contributed by atoms with van der Waals surface area (Å²) in [7, 11) is 0. The standard InChI is InChI=1S/C17H33N5O5/c1-10(2)9-13(17(26)27)22-16(25)12(5-3-4-8-18)21-15(24)11(19)6-7-14(20)23/h10-13H,3-9,18-19H2,1-2H3,(H2,20,23)(H,21,24)(H,22,25)(H,26,27). The predicted octanol–water partition coefficient (Wildman–Crippen LogP) is -1.19. The first-order chi connectivity index (χ1) is 12.6. The van der Waals surface area contributed by atoms with Gasteiger partial charge in [0.2, 0.25) is 17.7 Å². The zero-order valence-corrected chi connectivity index (χ0v) is 16.1. The molecule has 0 aromatic rings. The van der Waals surface area contributed by atoms with Gasteiger partial charge in [-0.2, -0.15) is 0 Å². The average Bonchev–Trinajstić information content (AvgIpc) is 2.57. The molecule has 0 bridgehead atoms. The molecular weight excluding hydrogens is 354 g/mol. The molecule has 0 heterocycles. The molecule has 0 spiro atoms. The van der Waals surface area contributed by atoms with Crippen LogP contribution >= 0.6 is 0 Å². The SMILES string of the molecule is CC(C)CC(NC(=O)C(CCCCN)NC(=O)C(N)CCC(N)=O)C(=O)O. The summed E-state index contributed by atoms with van der Waals surface area (Å²) in [5.41, 5.74) is 16.2. The fraction of sp³-hybridized carbons (Fsp3) is 0.765. The maximum atomic E-state index is 12.5. The second-order valence-corrected chi connectivity index (χ2v) is 6.99. The Morgan fingerprint density at radius 3 is 2.04 bits per heavy atom. The van der Waals surface area contributed by atoms with Gasteiger partial charge in [-0.1, -0.05) is 13.8 Å². The van der Waals surface area contributed by atoms with Crippen molar-refractivity contribution in [3.63, 3.8) is 0 Å². The molecule has 10 nitrogen and oxygen atoms in total. The minimum Gasteiger partial charge on any atom is -0.480 e. The van der Waals surface area contributed by atoms with Crippen molar-refractivity contribution in [1.29, 1.82) is 0 Å². The van der Waals surface area contributed by atoms with Crippen LogP contribution in [0.4, 0.5) is 0 Å². The Morgan fingerprint density at radius 1 is 0.963 bits per heavy atom. The molecule has 0 saturated carbocycles. The van der Waals surface area contributed by atoms with Crippen LogP contribution in [0.3, 0.4) is 0 Å². The van der Waals surface area contributed by atoms with E-state index in [-0.39, 0.29) is 25.2 Å². The zero-order valence-electron chi connectivity index (χ0n) is 16.1. The van der Waals surface area contributed by atoms with E-state index in [0.717, 1.165) is 0 Å². The van der Waals surface area contributed by atoms with E-state index in [9.17, 15) is 24.3 Å². The molecule has 0 fully saturated rings. The topological polar surface area (TPSA) is 191 Å². The monoisotopic (exact) mass is 387 g/mol. The number of carboxylic acid groups (broad SMARTS) is 1. The normalized spacial score (nSPS) is 14.3. The molecule has 0 rings (SSSR count). The van der Waals surface area contributed by atoms with Crippen molar-refractivity contribution >= 4 is 23.7 Å². The van der Waals surface area contributed by atoms with E-state index in [1.165, 1.54) is 0 Å². The Bertz CT molecular complexity index is 512. The molecule has 0 aromatic heterocycles. The Balaban J connectivity index is 4.98. The number of unbranched alkanes of at least 4 members (excludes halogenated alkanes) is 1. The van der Waals surface area contributed by atoms with Crippen molar-refractivity contribution in [2.24, 2.45) is 23.1 Å². The highest BCUT2D eigenvalue weighted by molar-refractivity contribution is 5.91. The van der Waals surface area contributed by atoms with Crippen molar-refractivity contribution in [1.82, 2.24) is 10.6 Å². The first-order valence-corrected chi connectivity index (χ1v) is 9.15. The molecule has 10 heteroatoms. The number of nitrogens with one attached hydrogen (secondary N) is 2. The molecule has 3 amide bonds. The summed E-state index contributed by atoms with van der Waals surface area (Å²) in [5, 5.41) is 14.3. The molecule has 9 N–H and O–H groups in total. The highest BCUT2D eigenvalue weighted by atomic mass is 16.4. The molecule has 0 aliphatic carbocycles. The van der Waals surface area contributed by atoms with Crippen LogP contribution in [0, 0.1) is 5.92 Å². The number of hydrogen-bond donors (Lipinski definition) is 6. The highest BCUT2D eigenvalue weighted by Gasteiger charge is 2.28. The number of carboxylic acids is 1. The fourth-order valence-corrected chi connectivity index (χ4v) is 2.43. The lowest BCUT2D eigenvalue weighted by molar-refractivity contribution is -0.142. The van der Waals surface area contributed by atoms with Crippen LogP contribution in [0.1, 0.15) is 52.4 Å². The molecule has 3 atom stereocenters. The van der Waals surface area contributed by atoms with Gasteiger partial charge in [-0.05, 0) is 44.6 Å². The number of primary amides is 1. The van der Waals surface area contributed by atoms with Gasteiger partial charge in [0.05, 0.1) is 6.04 Å². The van der Waals surface area contributed by atoms with Crippen molar-refractivity contribution in [3.05, 3.63) is 0 Å². The number of carbonyl (C=O) groups is 4. The third-order valence-electron chi connectivity index (χ3n) is 3.94. The second kappa shape index (κ2) is 13.0. The third-order valence-corrected chi connectivity index (χ3v) is 3.94. The fourth-order valence-electron chi connectivity index (χ4n) is 2.43. The zero-order chi connectivity index (χ0) is 21.0. The smallest absolute Gasteiger partial charge is 0.326 e. The summed E-state index contributed by atoms with van der Waals surface area (Å²) in [5.74, 6) is -2.83. The van der Waals surface area contributed by atoms with Crippen molar-refractivity contribution in [2.45, 2.75) is 70.5 Å². The Kier molecular flexibility index (Phi) is 12.0. The summed E-state index contributed by atoms with van der Waals surface area (Å²) in [6.07, 6.45) is 1.81. The predicted molar refractivity (Wildman–Crippen MR) is 100 cm³/mol. The van der Waals surface area contributed by atoms with E-state index < -0.39 is 41.8 Å². The summed E-state index contributed by atoms with van der Waals surface area (Å²) in [6, 6.07) is -2.97. The van der Waals surface area contributed by atoms with E-state index in [1.807, 2.05) is 13.8 Å². The van der Waals surface area contributed by atoms with Crippen LogP contribution in [0.2, 0.25) is 0 Å². The van der Waals surface area contributed by atoms with Crippen LogP contribution in [-0.2, 0) is 19.2 Å². The minimum absolute atomic E-state index is 0.0475. The lowest BCUT2D eigenvalue weighted by Crippen LogP contribution is -2.54. The van der Waals surface area contributed by atoms with Crippen LogP contribution in [0.25, 0.3) is 0 Å². The minimum atomic E-state index is -1.14. The molecule has 0 aliphatic heterocycles.